The quantitative estimate of drug-likeness (QED) is 0.381. The van der Waals surface area contributed by atoms with Gasteiger partial charge in [-0.15, -0.1) is 0 Å². The molecule has 0 N–H and O–H groups in total. The fourth-order valence-corrected chi connectivity index (χ4v) is 4.87. The van der Waals surface area contributed by atoms with Crippen molar-refractivity contribution in [1.82, 2.24) is 20.0 Å². The van der Waals surface area contributed by atoms with Crippen LogP contribution in [0.25, 0.3) is 11.6 Å². The number of amides is 1. The van der Waals surface area contributed by atoms with Gasteiger partial charge in [0.05, 0.1) is 11.0 Å². The Morgan fingerprint density at radius 2 is 1.89 bits per heavy atom. The summed E-state index contributed by atoms with van der Waals surface area (Å²) in [6.45, 7) is 5.83. The first-order chi connectivity index (χ1) is 17.5. The molecule has 0 bridgehead atoms. The zero-order valence-corrected chi connectivity index (χ0v) is 21.0. The van der Waals surface area contributed by atoms with Gasteiger partial charge in [0.2, 0.25) is 0 Å². The first-order valence-corrected chi connectivity index (χ1v) is 12.4. The number of alkyl halides is 3. The molecule has 37 heavy (non-hydrogen) atoms. The Bertz CT molecular complexity index is 1270. The first kappa shape index (κ1) is 25.2. The van der Waals surface area contributed by atoms with E-state index in [0.717, 1.165) is 44.0 Å². The van der Waals surface area contributed by atoms with Crippen molar-refractivity contribution in [2.75, 3.05) is 6.54 Å². The monoisotopic (exact) mass is 514 g/mol. The molecule has 2 aliphatic rings. The van der Waals surface area contributed by atoms with Crippen LogP contribution in [-0.4, -0.2) is 44.3 Å². The predicted octanol–water partition coefficient (Wildman–Crippen LogP) is 6.37. The molecule has 0 radical (unpaired) electrons. The largest absolute Gasteiger partial charge is 0.444 e. The zero-order chi connectivity index (χ0) is 26.4. The second-order valence-corrected chi connectivity index (χ2v) is 10.9. The molecule has 2 saturated carbocycles. The summed E-state index contributed by atoms with van der Waals surface area (Å²) in [7, 11) is 0. The number of rotatable bonds is 6. The van der Waals surface area contributed by atoms with Crippen molar-refractivity contribution in [3.8, 4) is 11.6 Å². The predicted molar refractivity (Wildman–Crippen MR) is 129 cm³/mol. The minimum Gasteiger partial charge on any atom is -0.444 e. The van der Waals surface area contributed by atoms with Crippen molar-refractivity contribution in [3.05, 3.63) is 65.6 Å². The van der Waals surface area contributed by atoms with Crippen LogP contribution in [-0.2, 0) is 16.3 Å². The van der Waals surface area contributed by atoms with Crippen molar-refractivity contribution in [2.24, 2.45) is 0 Å². The van der Waals surface area contributed by atoms with Gasteiger partial charge in [-0.05, 0) is 57.7 Å². The van der Waals surface area contributed by atoms with Gasteiger partial charge in [0.1, 0.15) is 11.3 Å². The average molecular weight is 515 g/mol. The molecule has 2 atom stereocenters. The highest BCUT2D eigenvalue weighted by molar-refractivity contribution is 5.70. The Morgan fingerprint density at radius 3 is 2.51 bits per heavy atom. The van der Waals surface area contributed by atoms with Crippen LogP contribution in [0.3, 0.4) is 0 Å². The third-order valence-electron chi connectivity index (χ3n) is 7.00. The molecular formula is C27H29F3N4O3. The van der Waals surface area contributed by atoms with E-state index in [2.05, 4.69) is 27.3 Å². The molecule has 2 aromatic heterocycles. The highest BCUT2D eigenvalue weighted by Crippen LogP contribution is 2.49. The number of aromatic nitrogens is 3. The molecule has 10 heteroatoms. The van der Waals surface area contributed by atoms with Gasteiger partial charge in [0.15, 0.2) is 5.82 Å². The van der Waals surface area contributed by atoms with Crippen LogP contribution in [0.2, 0.25) is 0 Å². The van der Waals surface area contributed by atoms with E-state index in [4.69, 9.17) is 9.26 Å². The van der Waals surface area contributed by atoms with E-state index in [-0.39, 0.29) is 23.5 Å². The van der Waals surface area contributed by atoms with Crippen LogP contribution < -0.4 is 0 Å². The molecule has 0 saturated heterocycles. The van der Waals surface area contributed by atoms with Crippen LogP contribution >= 0.6 is 0 Å². The molecule has 0 aliphatic heterocycles. The molecule has 2 heterocycles. The van der Waals surface area contributed by atoms with Crippen LogP contribution in [0.4, 0.5) is 18.0 Å². The second kappa shape index (κ2) is 9.15. The third kappa shape index (κ3) is 5.33. The van der Waals surface area contributed by atoms with E-state index in [0.29, 0.717) is 12.4 Å². The summed E-state index contributed by atoms with van der Waals surface area (Å²) in [4.78, 5) is 23.6. The number of nitrogens with zero attached hydrogens (tertiary/aromatic N) is 4. The summed E-state index contributed by atoms with van der Waals surface area (Å²) < 4.78 is 50.6. The van der Waals surface area contributed by atoms with Crippen LogP contribution in [0.5, 0.6) is 0 Å². The minimum absolute atomic E-state index is 0.0220. The van der Waals surface area contributed by atoms with Crippen molar-refractivity contribution in [3.63, 3.8) is 0 Å². The Hall–Kier alpha value is -3.43. The molecule has 3 aromatic rings. The van der Waals surface area contributed by atoms with E-state index in [1.54, 1.807) is 4.90 Å². The smallest absolute Gasteiger partial charge is 0.416 e. The Morgan fingerprint density at radius 1 is 1.16 bits per heavy atom. The molecule has 0 spiro atoms. The SMILES string of the molecule is CC(C)(C)OC(=O)N(CC1(c2noc(-c3cc(C(F)(F)F)ccn3)n2)CCC1)[C@H]1CC1c1ccccc1. The van der Waals surface area contributed by atoms with Crippen molar-refractivity contribution >= 4 is 6.09 Å². The summed E-state index contributed by atoms with van der Waals surface area (Å²) in [6.07, 6.45) is -0.643. The fourth-order valence-electron chi connectivity index (χ4n) is 4.87. The summed E-state index contributed by atoms with van der Waals surface area (Å²) in [5.41, 5.74) is -0.940. The summed E-state index contributed by atoms with van der Waals surface area (Å²) in [5, 5.41) is 4.14. The van der Waals surface area contributed by atoms with Crippen molar-refractivity contribution in [2.45, 2.75) is 75.6 Å². The molecule has 1 aromatic carbocycles. The van der Waals surface area contributed by atoms with Crippen molar-refractivity contribution in [1.29, 1.82) is 0 Å². The second-order valence-electron chi connectivity index (χ2n) is 10.9. The number of carbonyl (C=O) groups excluding carboxylic acids is 1. The van der Waals surface area contributed by atoms with Crippen LogP contribution in [0.15, 0.2) is 53.2 Å². The van der Waals surface area contributed by atoms with Gasteiger partial charge in [-0.3, -0.25) is 4.98 Å². The molecule has 196 valence electrons. The lowest BCUT2D eigenvalue weighted by Crippen LogP contribution is -2.50. The van der Waals surface area contributed by atoms with Crippen LogP contribution in [0, 0.1) is 0 Å². The highest BCUT2D eigenvalue weighted by Gasteiger charge is 2.52. The molecule has 7 nitrogen and oxygen atoms in total. The fraction of sp³-hybridized carbons (Fsp3) is 0.481. The van der Waals surface area contributed by atoms with E-state index in [9.17, 15) is 18.0 Å². The topological polar surface area (TPSA) is 81.4 Å². The number of ether oxygens (including phenoxy) is 1. The molecular weight excluding hydrogens is 485 g/mol. The lowest BCUT2D eigenvalue weighted by molar-refractivity contribution is -0.137. The molecule has 2 fully saturated rings. The number of carbonyl (C=O) groups is 1. The number of hydrogen-bond acceptors (Lipinski definition) is 6. The lowest BCUT2D eigenvalue weighted by Gasteiger charge is -2.43. The molecule has 1 unspecified atom stereocenters. The molecule has 5 rings (SSSR count). The van der Waals surface area contributed by atoms with Gasteiger partial charge in [-0.25, -0.2) is 4.79 Å². The molecule has 2 aliphatic carbocycles. The van der Waals surface area contributed by atoms with Gasteiger partial charge in [0, 0.05) is 24.7 Å². The molecule has 1 amide bonds. The average Bonchev–Trinajstić information content (AvgIpc) is 3.44. The van der Waals surface area contributed by atoms with E-state index < -0.39 is 28.8 Å². The van der Waals surface area contributed by atoms with Gasteiger partial charge >= 0.3 is 12.3 Å². The van der Waals surface area contributed by atoms with Crippen molar-refractivity contribution < 1.29 is 27.2 Å². The van der Waals surface area contributed by atoms with Gasteiger partial charge in [-0.1, -0.05) is 41.9 Å². The minimum atomic E-state index is -4.51. The third-order valence-corrected chi connectivity index (χ3v) is 7.00. The summed E-state index contributed by atoms with van der Waals surface area (Å²) in [5.74, 6) is 0.504. The maximum atomic E-state index is 13.3. The Balaban J connectivity index is 1.41. The summed E-state index contributed by atoms with van der Waals surface area (Å²) >= 11 is 0. The number of halogens is 3. The van der Waals surface area contributed by atoms with Gasteiger partial charge in [-0.2, -0.15) is 18.2 Å². The number of pyridine rings is 1. The standard InChI is InChI=1S/C27H29F3N4O3/c1-25(2,3)36-24(35)34(21-15-19(21)17-8-5-4-6-9-17)16-26(11-7-12-26)23-32-22(37-33-23)20-14-18(10-13-31-20)27(28,29)30/h4-6,8-10,13-14,19,21H,7,11-12,15-16H2,1-3H3/t19?,21-/m0/s1. The van der Waals surface area contributed by atoms with E-state index in [1.165, 1.54) is 5.56 Å². The maximum absolute atomic E-state index is 13.3. The lowest BCUT2D eigenvalue weighted by atomic mass is 9.67. The van der Waals surface area contributed by atoms with Gasteiger partial charge < -0.3 is 14.2 Å². The number of benzene rings is 1. The van der Waals surface area contributed by atoms with Gasteiger partial charge in [0.25, 0.3) is 5.89 Å². The Labute approximate surface area is 213 Å². The summed E-state index contributed by atoms with van der Waals surface area (Å²) in [6, 6.07) is 11.8. The highest BCUT2D eigenvalue weighted by atomic mass is 19.4. The normalized spacial score (nSPS) is 20.7. The Kier molecular flexibility index (Phi) is 6.24. The number of hydrogen-bond donors (Lipinski definition) is 0. The van der Waals surface area contributed by atoms with E-state index >= 15 is 0 Å². The zero-order valence-electron chi connectivity index (χ0n) is 21.0. The van der Waals surface area contributed by atoms with Crippen LogP contribution in [0.1, 0.15) is 69.3 Å². The maximum Gasteiger partial charge on any atom is 0.416 e. The first-order valence-electron chi connectivity index (χ1n) is 12.4. The van der Waals surface area contributed by atoms with E-state index in [1.807, 2.05) is 39.0 Å².